The van der Waals surface area contributed by atoms with Crippen LogP contribution in [0, 0.1) is 5.92 Å². The van der Waals surface area contributed by atoms with E-state index < -0.39 is 51.8 Å². The molecule has 3 aromatic carbocycles. The second kappa shape index (κ2) is 21.4. The van der Waals surface area contributed by atoms with Crippen molar-refractivity contribution in [1.29, 1.82) is 0 Å². The third kappa shape index (κ3) is 12.8. The van der Waals surface area contributed by atoms with E-state index in [2.05, 4.69) is 93.7 Å². The van der Waals surface area contributed by atoms with Gasteiger partial charge in [-0.05, 0) is 74.6 Å². The first-order chi connectivity index (χ1) is 29.1. The average molecular weight is 864 g/mol. The monoisotopic (exact) mass is 863 g/mol. The molecule has 322 valence electrons. The lowest BCUT2D eigenvalue weighted by Gasteiger charge is -2.35. The Labute approximate surface area is 368 Å². The summed E-state index contributed by atoms with van der Waals surface area (Å²) in [6.07, 6.45) is 3.86. The molecule has 0 radical (unpaired) electrons. The van der Waals surface area contributed by atoms with Gasteiger partial charge in [-0.1, -0.05) is 123 Å². The molecule has 0 unspecified atom stereocenters. The quantitative estimate of drug-likeness (QED) is 0.0390. The molecule has 13 heteroatoms. The van der Waals surface area contributed by atoms with Gasteiger partial charge in [0.25, 0.3) is 0 Å². The summed E-state index contributed by atoms with van der Waals surface area (Å²) in [6, 6.07) is 35.3. The van der Waals surface area contributed by atoms with Gasteiger partial charge in [0, 0.05) is 5.75 Å². The lowest BCUT2D eigenvalue weighted by molar-refractivity contribution is -0.141. The molecular formula is C48H57N5O6S2. The number of ether oxygens (including phenoxy) is 2. The Morgan fingerprint density at radius 2 is 1.44 bits per heavy atom. The van der Waals surface area contributed by atoms with Crippen molar-refractivity contribution in [2.45, 2.75) is 88.9 Å². The molecular weight excluding hydrogens is 807 g/mol. The van der Waals surface area contributed by atoms with Crippen LogP contribution in [-0.4, -0.2) is 75.7 Å². The van der Waals surface area contributed by atoms with Crippen molar-refractivity contribution in [3.8, 4) is 0 Å². The summed E-state index contributed by atoms with van der Waals surface area (Å²) in [5.41, 5.74) is 2.89. The molecule has 3 amide bonds. The Bertz CT molecular complexity index is 2060. The average Bonchev–Trinajstić information content (AvgIpc) is 3.66. The van der Waals surface area contributed by atoms with Crippen LogP contribution in [0.1, 0.15) is 82.5 Å². The van der Waals surface area contributed by atoms with E-state index in [1.807, 2.05) is 62.0 Å². The van der Waals surface area contributed by atoms with Crippen LogP contribution >= 0.6 is 23.5 Å². The zero-order chi connectivity index (χ0) is 44.0. The maximum Gasteiger partial charge on any atom is 0.407 e. The molecule has 0 aliphatic carbocycles. The number of benzene rings is 3. The maximum atomic E-state index is 13.9. The molecule has 1 aliphatic heterocycles. The summed E-state index contributed by atoms with van der Waals surface area (Å²) in [5.74, 6) is -0.487. The fourth-order valence-corrected chi connectivity index (χ4v) is 9.37. The van der Waals surface area contributed by atoms with E-state index in [1.54, 1.807) is 39.8 Å². The highest BCUT2D eigenvalue weighted by Gasteiger charge is 2.41. The van der Waals surface area contributed by atoms with Crippen LogP contribution in [0.25, 0.3) is 0 Å². The number of aliphatic imine (C=N–C) groups is 1. The number of rotatable bonds is 18. The number of carbonyl (C=O) groups is 4. The summed E-state index contributed by atoms with van der Waals surface area (Å²) < 4.78 is 9.84. The molecule has 4 aromatic rings. The predicted octanol–water partition coefficient (Wildman–Crippen LogP) is 8.22. The molecule has 3 atom stereocenters. The Balaban J connectivity index is 1.26. The van der Waals surface area contributed by atoms with Gasteiger partial charge in [0.05, 0.1) is 42.3 Å². The maximum absolute atomic E-state index is 13.9. The molecule has 61 heavy (non-hydrogen) atoms. The van der Waals surface area contributed by atoms with Gasteiger partial charge < -0.3 is 25.4 Å². The number of esters is 1. The molecule has 0 saturated carbocycles. The van der Waals surface area contributed by atoms with E-state index >= 15 is 0 Å². The van der Waals surface area contributed by atoms with Crippen LogP contribution in [0.2, 0.25) is 0 Å². The number of hydrogen-bond acceptors (Lipinski definition) is 10. The highest BCUT2D eigenvalue weighted by Crippen LogP contribution is 2.48. The first kappa shape index (κ1) is 46.7. The molecule has 5 rings (SSSR count). The van der Waals surface area contributed by atoms with Gasteiger partial charge in [0.2, 0.25) is 11.8 Å². The number of nitrogens with one attached hydrogen (secondary N) is 3. The van der Waals surface area contributed by atoms with Crippen LogP contribution in [0.3, 0.4) is 0 Å². The molecule has 0 bridgehead atoms. The Hall–Kier alpha value is -5.40. The van der Waals surface area contributed by atoms with Crippen molar-refractivity contribution < 1.29 is 28.7 Å². The summed E-state index contributed by atoms with van der Waals surface area (Å²) in [6.45, 7) is 11.0. The standard InChI is InChI=1S/C48H57N5O6S2/c1-33(2)41(52-44(56)47(6)32-60-43(53-47)39-28-19-27-38(50-39)31-49-45(57)59-46(3,4)5)42(55)51-37(30-40(54)58-7)26-17-18-29-61-48(34-20-11-8-12-21-34,35-22-13-9-14-23-35)36-24-15-10-16-25-36/h8-17,19-28,33,37,41H,18,29-32H2,1-7H3,(H,49,57)(H,51,55)(H,52,56)/b26-17+/t37-,41+,47+/m1/s1. The number of carbonyl (C=O) groups excluding carboxylic acids is 4. The normalized spacial score (nSPS) is 16.4. The topological polar surface area (TPSA) is 148 Å². The molecule has 1 aliphatic rings. The van der Waals surface area contributed by atoms with Crippen molar-refractivity contribution in [3.05, 3.63) is 149 Å². The van der Waals surface area contributed by atoms with Gasteiger partial charge in [0.15, 0.2) is 0 Å². The summed E-state index contributed by atoms with van der Waals surface area (Å²) in [5, 5.41) is 9.23. The van der Waals surface area contributed by atoms with Crippen LogP contribution in [0.5, 0.6) is 0 Å². The summed E-state index contributed by atoms with van der Waals surface area (Å²) >= 11 is 3.23. The number of nitrogens with zero attached hydrogens (tertiary/aromatic N) is 2. The van der Waals surface area contributed by atoms with Crippen LogP contribution < -0.4 is 16.0 Å². The SMILES string of the molecule is COC(=O)C[C@@H](/C=C/CCSC(c1ccccc1)(c1ccccc1)c1ccccc1)NC(=O)[C@@H](NC(=O)[C@]1(C)CSC(c2cccc(CNC(=O)OC(C)(C)C)n2)=N1)C(C)C. The number of pyridine rings is 1. The van der Waals surface area contributed by atoms with E-state index in [0.717, 1.165) is 5.75 Å². The van der Waals surface area contributed by atoms with Gasteiger partial charge in [-0.2, -0.15) is 0 Å². The lowest BCUT2D eigenvalue weighted by Crippen LogP contribution is -2.56. The molecule has 0 spiro atoms. The number of amides is 3. The molecule has 2 heterocycles. The molecule has 1 aromatic heterocycles. The number of methoxy groups -OCH3 is 1. The molecule has 11 nitrogen and oxygen atoms in total. The van der Waals surface area contributed by atoms with E-state index in [1.165, 1.54) is 35.6 Å². The Morgan fingerprint density at radius 1 is 0.852 bits per heavy atom. The minimum absolute atomic E-state index is 0.0754. The second-order valence-corrected chi connectivity index (χ2v) is 18.6. The fourth-order valence-electron chi connectivity index (χ4n) is 6.76. The third-order valence-corrected chi connectivity index (χ3v) is 12.7. The van der Waals surface area contributed by atoms with Crippen LogP contribution in [-0.2, 0) is 35.1 Å². The second-order valence-electron chi connectivity index (χ2n) is 16.3. The zero-order valence-electron chi connectivity index (χ0n) is 36.0. The van der Waals surface area contributed by atoms with Gasteiger partial charge in [-0.15, -0.1) is 23.5 Å². The van der Waals surface area contributed by atoms with Crippen molar-refractivity contribution in [2.75, 3.05) is 18.6 Å². The van der Waals surface area contributed by atoms with E-state index in [4.69, 9.17) is 14.5 Å². The Morgan fingerprint density at radius 3 is 1.98 bits per heavy atom. The van der Waals surface area contributed by atoms with Gasteiger partial charge in [-0.3, -0.25) is 19.4 Å². The van der Waals surface area contributed by atoms with E-state index in [9.17, 15) is 19.2 Å². The Kier molecular flexibility index (Phi) is 16.4. The van der Waals surface area contributed by atoms with Crippen LogP contribution in [0.4, 0.5) is 4.79 Å². The molecule has 0 saturated heterocycles. The predicted molar refractivity (Wildman–Crippen MR) is 245 cm³/mol. The number of hydrogen-bond donors (Lipinski definition) is 3. The van der Waals surface area contributed by atoms with Crippen molar-refractivity contribution in [2.24, 2.45) is 10.9 Å². The summed E-state index contributed by atoms with van der Waals surface area (Å²) in [7, 11) is 1.32. The number of aromatic nitrogens is 1. The van der Waals surface area contributed by atoms with Gasteiger partial charge in [0.1, 0.15) is 22.2 Å². The highest BCUT2D eigenvalue weighted by atomic mass is 32.2. The van der Waals surface area contributed by atoms with Gasteiger partial charge >= 0.3 is 12.1 Å². The van der Waals surface area contributed by atoms with E-state index in [0.29, 0.717) is 28.6 Å². The first-order valence-corrected chi connectivity index (χ1v) is 22.4. The number of allylic oxidation sites excluding steroid dienone is 1. The number of alkyl carbamates (subject to hydrolysis) is 1. The van der Waals surface area contributed by atoms with Crippen LogP contribution in [0.15, 0.2) is 126 Å². The fraction of sp³-hybridized carbons (Fsp3) is 0.375. The lowest BCUT2D eigenvalue weighted by atomic mass is 9.84. The molecule has 0 fully saturated rings. The van der Waals surface area contributed by atoms with Crippen molar-refractivity contribution >= 4 is 52.4 Å². The largest absolute Gasteiger partial charge is 0.469 e. The summed E-state index contributed by atoms with van der Waals surface area (Å²) in [4.78, 5) is 62.0. The third-order valence-electron chi connectivity index (χ3n) is 9.86. The zero-order valence-corrected chi connectivity index (χ0v) is 37.6. The van der Waals surface area contributed by atoms with Gasteiger partial charge in [-0.25, -0.2) is 9.78 Å². The molecule has 3 N–H and O–H groups in total. The van der Waals surface area contributed by atoms with E-state index in [-0.39, 0.29) is 18.9 Å². The smallest absolute Gasteiger partial charge is 0.407 e. The van der Waals surface area contributed by atoms with Crippen molar-refractivity contribution in [1.82, 2.24) is 20.9 Å². The first-order valence-electron chi connectivity index (χ1n) is 20.4. The highest BCUT2D eigenvalue weighted by molar-refractivity contribution is 8.14. The number of thioether (sulfide) groups is 2. The van der Waals surface area contributed by atoms with Crippen molar-refractivity contribution in [3.63, 3.8) is 0 Å². The minimum Gasteiger partial charge on any atom is -0.469 e. The minimum atomic E-state index is -1.17.